The van der Waals surface area contributed by atoms with Gasteiger partial charge in [0, 0.05) is 31.1 Å². The molecular weight excluding hydrogens is 342 g/mol. The molecule has 1 aliphatic rings. The van der Waals surface area contributed by atoms with Crippen LogP contribution < -0.4 is 5.32 Å². The van der Waals surface area contributed by atoms with Crippen molar-refractivity contribution in [2.24, 2.45) is 5.92 Å². The number of benzene rings is 1. The zero-order valence-corrected chi connectivity index (χ0v) is 16.2. The van der Waals surface area contributed by atoms with E-state index in [1.54, 1.807) is 4.68 Å². The minimum absolute atomic E-state index is 0.0242. The second kappa shape index (κ2) is 8.33. The highest BCUT2D eigenvalue weighted by atomic mass is 16.2. The van der Waals surface area contributed by atoms with Gasteiger partial charge in [0.05, 0.1) is 6.04 Å². The van der Waals surface area contributed by atoms with Crippen molar-refractivity contribution in [2.75, 3.05) is 13.1 Å². The molecule has 1 fully saturated rings. The molecule has 1 aliphatic heterocycles. The maximum absolute atomic E-state index is 12.7. The Bertz CT molecular complexity index is 808. The van der Waals surface area contributed by atoms with Gasteiger partial charge in [-0.2, -0.15) is 5.10 Å². The Labute approximate surface area is 159 Å². The fraction of sp³-hybridized carbons (Fsp3) is 0.500. The highest BCUT2D eigenvalue weighted by Crippen LogP contribution is 2.21. The fourth-order valence-corrected chi connectivity index (χ4v) is 3.58. The SMILES string of the molecule is CCn1ncnc1C(C)NC(=O)C1CCN(C(=O)c2ccccc2C)CC1. The lowest BCUT2D eigenvalue weighted by molar-refractivity contribution is -0.127. The molecule has 0 radical (unpaired) electrons. The van der Waals surface area contributed by atoms with Gasteiger partial charge in [-0.05, 0) is 45.2 Å². The maximum atomic E-state index is 12.7. The van der Waals surface area contributed by atoms with Crippen LogP contribution in [0.1, 0.15) is 54.5 Å². The number of carbonyl (C=O) groups excluding carboxylic acids is 2. The molecule has 1 N–H and O–H groups in total. The Morgan fingerprint density at radius 3 is 2.63 bits per heavy atom. The quantitative estimate of drug-likeness (QED) is 0.877. The summed E-state index contributed by atoms with van der Waals surface area (Å²) in [5.41, 5.74) is 1.73. The minimum atomic E-state index is -0.188. The number of rotatable bonds is 5. The molecule has 27 heavy (non-hydrogen) atoms. The van der Waals surface area contributed by atoms with Gasteiger partial charge in [-0.15, -0.1) is 0 Å². The summed E-state index contributed by atoms with van der Waals surface area (Å²) in [4.78, 5) is 31.4. The second-order valence-corrected chi connectivity index (χ2v) is 7.05. The van der Waals surface area contributed by atoms with Crippen LogP contribution >= 0.6 is 0 Å². The lowest BCUT2D eigenvalue weighted by atomic mass is 9.94. The van der Waals surface area contributed by atoms with Gasteiger partial charge < -0.3 is 10.2 Å². The van der Waals surface area contributed by atoms with Crippen LogP contribution in [0.25, 0.3) is 0 Å². The van der Waals surface area contributed by atoms with Gasteiger partial charge in [0.15, 0.2) is 0 Å². The molecule has 1 aromatic heterocycles. The van der Waals surface area contributed by atoms with E-state index in [9.17, 15) is 9.59 Å². The topological polar surface area (TPSA) is 80.1 Å². The van der Waals surface area contributed by atoms with Gasteiger partial charge in [-0.25, -0.2) is 9.67 Å². The molecule has 0 saturated carbocycles. The van der Waals surface area contributed by atoms with Crippen LogP contribution in [0.2, 0.25) is 0 Å². The van der Waals surface area contributed by atoms with Gasteiger partial charge in [-0.3, -0.25) is 9.59 Å². The largest absolute Gasteiger partial charge is 0.346 e. The minimum Gasteiger partial charge on any atom is -0.346 e. The molecule has 0 bridgehead atoms. The maximum Gasteiger partial charge on any atom is 0.254 e. The second-order valence-electron chi connectivity index (χ2n) is 7.05. The summed E-state index contributed by atoms with van der Waals surface area (Å²) in [6.07, 6.45) is 2.87. The van der Waals surface area contributed by atoms with Gasteiger partial charge in [0.2, 0.25) is 5.91 Å². The average molecular weight is 369 g/mol. The third kappa shape index (κ3) is 4.18. The zero-order chi connectivity index (χ0) is 19.4. The number of likely N-dealkylation sites (tertiary alicyclic amines) is 1. The molecule has 1 unspecified atom stereocenters. The summed E-state index contributed by atoms with van der Waals surface area (Å²) in [5.74, 6) is 0.761. The Kier molecular flexibility index (Phi) is 5.88. The number of hydrogen-bond acceptors (Lipinski definition) is 4. The molecule has 0 aliphatic carbocycles. The molecule has 1 saturated heterocycles. The summed E-state index contributed by atoms with van der Waals surface area (Å²) in [7, 11) is 0. The summed E-state index contributed by atoms with van der Waals surface area (Å²) < 4.78 is 1.79. The molecule has 1 aromatic carbocycles. The zero-order valence-electron chi connectivity index (χ0n) is 16.2. The predicted molar refractivity (Wildman–Crippen MR) is 102 cm³/mol. The molecule has 2 amide bonds. The van der Waals surface area contributed by atoms with Gasteiger partial charge in [-0.1, -0.05) is 18.2 Å². The molecule has 7 heteroatoms. The van der Waals surface area contributed by atoms with E-state index in [0.717, 1.165) is 23.5 Å². The Balaban J connectivity index is 1.55. The van der Waals surface area contributed by atoms with Crippen molar-refractivity contribution in [3.63, 3.8) is 0 Å². The Morgan fingerprint density at radius 2 is 1.96 bits per heavy atom. The monoisotopic (exact) mass is 369 g/mol. The first kappa shape index (κ1) is 19.1. The van der Waals surface area contributed by atoms with E-state index in [1.807, 2.05) is 49.9 Å². The molecule has 2 heterocycles. The number of nitrogens with zero attached hydrogens (tertiary/aromatic N) is 4. The predicted octanol–water partition coefficient (Wildman–Crippen LogP) is 2.34. The van der Waals surface area contributed by atoms with E-state index in [2.05, 4.69) is 15.4 Å². The van der Waals surface area contributed by atoms with Crippen LogP contribution in [0.5, 0.6) is 0 Å². The lowest BCUT2D eigenvalue weighted by Crippen LogP contribution is -2.43. The summed E-state index contributed by atoms with van der Waals surface area (Å²) in [6.45, 7) is 7.78. The smallest absolute Gasteiger partial charge is 0.254 e. The first-order chi connectivity index (χ1) is 13.0. The summed E-state index contributed by atoms with van der Waals surface area (Å²) >= 11 is 0. The third-order valence-corrected chi connectivity index (χ3v) is 5.22. The highest BCUT2D eigenvalue weighted by molar-refractivity contribution is 5.95. The molecule has 2 aromatic rings. The molecule has 1 atom stereocenters. The van der Waals surface area contributed by atoms with Crippen molar-refractivity contribution in [2.45, 2.75) is 46.2 Å². The molecule has 7 nitrogen and oxygen atoms in total. The fourth-order valence-electron chi connectivity index (χ4n) is 3.58. The van der Waals surface area contributed by atoms with Crippen molar-refractivity contribution in [3.05, 3.63) is 47.5 Å². The first-order valence-corrected chi connectivity index (χ1v) is 9.54. The number of piperidine rings is 1. The first-order valence-electron chi connectivity index (χ1n) is 9.54. The van der Waals surface area contributed by atoms with E-state index in [-0.39, 0.29) is 23.8 Å². The van der Waals surface area contributed by atoms with E-state index < -0.39 is 0 Å². The standard InChI is InChI=1S/C20H27N5O2/c1-4-25-18(21-13-22-25)15(3)23-19(26)16-9-11-24(12-10-16)20(27)17-8-6-5-7-14(17)2/h5-8,13,15-16H,4,9-12H2,1-3H3,(H,23,26). The van der Waals surface area contributed by atoms with Crippen LogP contribution in [-0.4, -0.2) is 44.6 Å². The molecular formula is C20H27N5O2. The van der Waals surface area contributed by atoms with Crippen molar-refractivity contribution in [1.82, 2.24) is 25.0 Å². The van der Waals surface area contributed by atoms with E-state index >= 15 is 0 Å². The number of aromatic nitrogens is 3. The van der Waals surface area contributed by atoms with E-state index in [1.165, 1.54) is 6.33 Å². The number of aryl methyl sites for hydroxylation is 2. The van der Waals surface area contributed by atoms with Crippen LogP contribution in [0.15, 0.2) is 30.6 Å². The van der Waals surface area contributed by atoms with Crippen LogP contribution in [0.4, 0.5) is 0 Å². The van der Waals surface area contributed by atoms with Crippen LogP contribution in [0, 0.1) is 12.8 Å². The third-order valence-electron chi connectivity index (χ3n) is 5.22. The normalized spacial score (nSPS) is 16.2. The average Bonchev–Trinajstić information content (AvgIpc) is 3.17. The number of amides is 2. The molecule has 0 spiro atoms. The van der Waals surface area contributed by atoms with Crippen LogP contribution in [-0.2, 0) is 11.3 Å². The summed E-state index contributed by atoms with van der Waals surface area (Å²) in [6, 6.07) is 7.44. The highest BCUT2D eigenvalue weighted by Gasteiger charge is 2.29. The van der Waals surface area contributed by atoms with Gasteiger partial charge in [0.25, 0.3) is 5.91 Å². The van der Waals surface area contributed by atoms with Gasteiger partial charge in [0.1, 0.15) is 12.2 Å². The van der Waals surface area contributed by atoms with Crippen molar-refractivity contribution < 1.29 is 9.59 Å². The summed E-state index contributed by atoms with van der Waals surface area (Å²) in [5, 5.41) is 7.20. The number of hydrogen-bond donors (Lipinski definition) is 1. The molecule has 3 rings (SSSR count). The van der Waals surface area contributed by atoms with Crippen molar-refractivity contribution >= 4 is 11.8 Å². The van der Waals surface area contributed by atoms with Crippen molar-refractivity contribution in [1.29, 1.82) is 0 Å². The van der Waals surface area contributed by atoms with Crippen LogP contribution in [0.3, 0.4) is 0 Å². The number of nitrogens with one attached hydrogen (secondary N) is 1. The van der Waals surface area contributed by atoms with E-state index in [0.29, 0.717) is 25.9 Å². The lowest BCUT2D eigenvalue weighted by Gasteiger charge is -2.32. The van der Waals surface area contributed by atoms with E-state index in [4.69, 9.17) is 0 Å². The Morgan fingerprint density at radius 1 is 1.26 bits per heavy atom. The molecule has 144 valence electrons. The van der Waals surface area contributed by atoms with Crippen molar-refractivity contribution in [3.8, 4) is 0 Å². The van der Waals surface area contributed by atoms with Gasteiger partial charge >= 0.3 is 0 Å². The number of carbonyl (C=O) groups is 2. The Hall–Kier alpha value is -2.70.